The van der Waals surface area contributed by atoms with Crippen molar-refractivity contribution in [2.75, 3.05) is 4.90 Å². The summed E-state index contributed by atoms with van der Waals surface area (Å²) in [4.78, 5) is 38.7. The zero-order valence-electron chi connectivity index (χ0n) is 15.4. The lowest BCUT2D eigenvalue weighted by Crippen LogP contribution is -2.54. The van der Waals surface area contributed by atoms with E-state index in [1.165, 1.54) is 6.08 Å². The van der Waals surface area contributed by atoms with Gasteiger partial charge in [0.15, 0.2) is 0 Å². The first-order chi connectivity index (χ1) is 13.9. The number of hydrogen-bond acceptors (Lipinski definition) is 3. The highest BCUT2D eigenvalue weighted by Gasteiger charge is 2.37. The first-order valence-electron chi connectivity index (χ1n) is 8.85. The Balaban J connectivity index is 1.75. The zero-order valence-corrected chi connectivity index (χ0v) is 16.2. The van der Waals surface area contributed by atoms with Crippen molar-refractivity contribution in [1.29, 1.82) is 0 Å². The number of anilines is 1. The highest BCUT2D eigenvalue weighted by molar-refractivity contribution is 6.39. The number of carbonyl (C=O) groups excluding carboxylic acids is 3. The van der Waals surface area contributed by atoms with Gasteiger partial charge in [-0.15, -0.1) is 0 Å². The minimum atomic E-state index is -0.768. The molecule has 0 atom stereocenters. The summed E-state index contributed by atoms with van der Waals surface area (Å²) in [6.07, 6.45) is 3.28. The predicted octanol–water partition coefficient (Wildman–Crippen LogP) is 4.11. The number of aromatic nitrogens is 1. The summed E-state index contributed by atoms with van der Waals surface area (Å²) in [5.74, 6) is -1.40. The Morgan fingerprint density at radius 3 is 2.41 bits per heavy atom. The molecule has 29 heavy (non-hydrogen) atoms. The summed E-state index contributed by atoms with van der Waals surface area (Å²) in [6.45, 7) is 1.86. The molecule has 0 unspecified atom stereocenters. The lowest BCUT2D eigenvalue weighted by molar-refractivity contribution is -0.122. The molecule has 0 bridgehead atoms. The minimum Gasteiger partial charge on any atom is -0.317 e. The van der Waals surface area contributed by atoms with Gasteiger partial charge in [-0.2, -0.15) is 0 Å². The number of nitrogens with one attached hydrogen (secondary N) is 1. The molecular weight excluding hydrogens is 390 g/mol. The van der Waals surface area contributed by atoms with Crippen LogP contribution in [0.4, 0.5) is 10.5 Å². The Kier molecular flexibility index (Phi) is 4.78. The number of nitrogens with zero attached hydrogens (tertiary/aromatic N) is 2. The van der Waals surface area contributed by atoms with Gasteiger partial charge < -0.3 is 4.57 Å². The Morgan fingerprint density at radius 2 is 1.69 bits per heavy atom. The fraction of sp³-hybridized carbons (Fsp3) is 0.0455. The molecule has 7 heteroatoms. The summed E-state index contributed by atoms with van der Waals surface area (Å²) < 4.78 is 1.82. The zero-order chi connectivity index (χ0) is 20.5. The van der Waals surface area contributed by atoms with Gasteiger partial charge in [-0.1, -0.05) is 23.7 Å². The molecule has 1 N–H and O–H groups in total. The first-order valence-corrected chi connectivity index (χ1v) is 9.23. The van der Waals surface area contributed by atoms with E-state index in [-0.39, 0.29) is 5.57 Å². The topological polar surface area (TPSA) is 71.4 Å². The van der Waals surface area contributed by atoms with Crippen LogP contribution in [0.3, 0.4) is 0 Å². The molecule has 2 heterocycles. The standard InChI is InChI=1S/C22H16ClN3O3/c1-14-4-2-5-18(12-14)26-21(28)19(20(27)24-22(26)29)13-17-6-3-11-25(17)16-9-7-15(23)8-10-16/h2-13H,1H3,(H,24,27,29)/b19-13-. The van der Waals surface area contributed by atoms with Crippen molar-refractivity contribution < 1.29 is 14.4 Å². The van der Waals surface area contributed by atoms with E-state index < -0.39 is 17.8 Å². The van der Waals surface area contributed by atoms with E-state index >= 15 is 0 Å². The Bertz CT molecular complexity index is 1160. The fourth-order valence-corrected chi connectivity index (χ4v) is 3.28. The van der Waals surface area contributed by atoms with Crippen LogP contribution in [0, 0.1) is 6.92 Å². The maximum Gasteiger partial charge on any atom is 0.335 e. The van der Waals surface area contributed by atoms with Crippen LogP contribution in [0.1, 0.15) is 11.3 Å². The van der Waals surface area contributed by atoms with Crippen molar-refractivity contribution in [1.82, 2.24) is 9.88 Å². The number of halogens is 1. The van der Waals surface area contributed by atoms with Gasteiger partial charge in [0.05, 0.1) is 5.69 Å². The van der Waals surface area contributed by atoms with Gasteiger partial charge in [-0.3, -0.25) is 14.9 Å². The third-order valence-electron chi connectivity index (χ3n) is 4.54. The van der Waals surface area contributed by atoms with E-state index in [1.54, 1.807) is 42.5 Å². The normalized spacial score (nSPS) is 15.7. The van der Waals surface area contributed by atoms with E-state index in [1.807, 2.05) is 35.9 Å². The quantitative estimate of drug-likeness (QED) is 0.526. The van der Waals surface area contributed by atoms with Crippen molar-refractivity contribution in [2.24, 2.45) is 0 Å². The molecule has 144 valence electrons. The summed E-state index contributed by atoms with van der Waals surface area (Å²) in [5.41, 5.74) is 2.60. The van der Waals surface area contributed by atoms with E-state index in [2.05, 4.69) is 5.32 Å². The lowest BCUT2D eigenvalue weighted by Gasteiger charge is -2.26. The van der Waals surface area contributed by atoms with Crippen LogP contribution in [0.2, 0.25) is 5.02 Å². The number of aryl methyl sites for hydroxylation is 1. The summed E-state index contributed by atoms with van der Waals surface area (Å²) in [7, 11) is 0. The highest BCUT2D eigenvalue weighted by Crippen LogP contribution is 2.24. The SMILES string of the molecule is Cc1cccc(N2C(=O)NC(=O)/C(=C/c3cccn3-c3ccc(Cl)cc3)C2=O)c1. The molecule has 0 saturated carbocycles. The third kappa shape index (κ3) is 3.58. The van der Waals surface area contributed by atoms with E-state index in [4.69, 9.17) is 11.6 Å². The van der Waals surface area contributed by atoms with Crippen molar-refractivity contribution >= 4 is 41.2 Å². The van der Waals surface area contributed by atoms with Crippen LogP contribution in [0.25, 0.3) is 11.8 Å². The molecule has 1 aliphatic rings. The fourth-order valence-electron chi connectivity index (χ4n) is 3.16. The molecule has 3 aromatic rings. The highest BCUT2D eigenvalue weighted by atomic mass is 35.5. The molecule has 4 rings (SSSR count). The van der Waals surface area contributed by atoms with Gasteiger partial charge >= 0.3 is 6.03 Å². The molecule has 1 fully saturated rings. The second-order valence-corrected chi connectivity index (χ2v) is 7.01. The van der Waals surface area contributed by atoms with Crippen molar-refractivity contribution in [3.05, 3.63) is 88.7 Å². The molecule has 1 saturated heterocycles. The molecule has 0 aliphatic carbocycles. The number of carbonyl (C=O) groups is 3. The summed E-state index contributed by atoms with van der Waals surface area (Å²) in [5, 5.41) is 2.85. The first kappa shape index (κ1) is 18.7. The van der Waals surface area contributed by atoms with Gasteiger partial charge in [0.2, 0.25) is 0 Å². The predicted molar refractivity (Wildman–Crippen MR) is 111 cm³/mol. The van der Waals surface area contributed by atoms with Gasteiger partial charge in [-0.25, -0.2) is 9.69 Å². The molecule has 1 aliphatic heterocycles. The van der Waals surface area contributed by atoms with E-state index in [9.17, 15) is 14.4 Å². The number of amides is 4. The van der Waals surface area contributed by atoms with Crippen LogP contribution >= 0.6 is 11.6 Å². The Hall–Kier alpha value is -3.64. The van der Waals surface area contributed by atoms with Gasteiger partial charge in [0, 0.05) is 22.6 Å². The van der Waals surface area contributed by atoms with Crippen molar-refractivity contribution in [3.8, 4) is 5.69 Å². The second kappa shape index (κ2) is 7.41. The number of benzene rings is 2. The van der Waals surface area contributed by atoms with Crippen LogP contribution in [0.5, 0.6) is 0 Å². The molecule has 0 spiro atoms. The Labute approximate surface area is 172 Å². The van der Waals surface area contributed by atoms with Crippen LogP contribution in [0.15, 0.2) is 72.4 Å². The molecule has 6 nitrogen and oxygen atoms in total. The van der Waals surface area contributed by atoms with Crippen LogP contribution < -0.4 is 10.2 Å². The van der Waals surface area contributed by atoms with Crippen LogP contribution in [-0.2, 0) is 9.59 Å². The number of imide groups is 2. The molecule has 2 aromatic carbocycles. The van der Waals surface area contributed by atoms with Crippen molar-refractivity contribution in [3.63, 3.8) is 0 Å². The monoisotopic (exact) mass is 405 g/mol. The molecular formula is C22H16ClN3O3. The van der Waals surface area contributed by atoms with Gasteiger partial charge in [-0.05, 0) is 67.1 Å². The number of hydrogen-bond donors (Lipinski definition) is 1. The van der Waals surface area contributed by atoms with E-state index in [0.717, 1.165) is 16.2 Å². The molecule has 4 amide bonds. The lowest BCUT2D eigenvalue weighted by atomic mass is 10.1. The minimum absolute atomic E-state index is 0.125. The summed E-state index contributed by atoms with van der Waals surface area (Å²) in [6, 6.07) is 16.9. The van der Waals surface area contributed by atoms with Crippen molar-refractivity contribution in [2.45, 2.75) is 6.92 Å². The van der Waals surface area contributed by atoms with Gasteiger partial charge in [0.25, 0.3) is 11.8 Å². The molecule has 1 aromatic heterocycles. The average molecular weight is 406 g/mol. The maximum atomic E-state index is 13.0. The van der Waals surface area contributed by atoms with E-state index in [0.29, 0.717) is 16.4 Å². The third-order valence-corrected chi connectivity index (χ3v) is 4.79. The Morgan fingerprint density at radius 1 is 0.931 bits per heavy atom. The average Bonchev–Trinajstić information content (AvgIpc) is 3.14. The molecule has 0 radical (unpaired) electrons. The smallest absolute Gasteiger partial charge is 0.317 e. The largest absolute Gasteiger partial charge is 0.335 e. The second-order valence-electron chi connectivity index (χ2n) is 6.58. The number of rotatable bonds is 3. The maximum absolute atomic E-state index is 13.0. The van der Waals surface area contributed by atoms with Gasteiger partial charge in [0.1, 0.15) is 5.57 Å². The number of urea groups is 1. The summed E-state index contributed by atoms with van der Waals surface area (Å²) >= 11 is 5.95. The number of barbiturate groups is 1. The van der Waals surface area contributed by atoms with Crippen LogP contribution in [-0.4, -0.2) is 22.4 Å².